The Morgan fingerprint density at radius 2 is 1.79 bits per heavy atom. The fourth-order valence-electron chi connectivity index (χ4n) is 4.84. The van der Waals surface area contributed by atoms with E-state index in [4.69, 9.17) is 4.52 Å². The van der Waals surface area contributed by atoms with Crippen molar-refractivity contribution in [3.05, 3.63) is 117 Å². The lowest BCUT2D eigenvalue weighted by Gasteiger charge is -2.16. The Labute approximate surface area is 190 Å². The number of aromatic nitrogens is 4. The topological polar surface area (TPSA) is 76.7 Å². The van der Waals surface area contributed by atoms with E-state index in [1.165, 1.54) is 27.8 Å². The van der Waals surface area contributed by atoms with Gasteiger partial charge in [0.15, 0.2) is 5.82 Å². The second-order valence-corrected chi connectivity index (χ2v) is 8.45. The lowest BCUT2D eigenvalue weighted by Crippen LogP contribution is -2.02. The number of aryl methyl sites for hydroxylation is 2. The van der Waals surface area contributed by atoms with Crippen LogP contribution in [0.25, 0.3) is 22.2 Å². The summed E-state index contributed by atoms with van der Waals surface area (Å²) >= 11 is 0. The molecule has 0 radical (unpaired) electrons. The van der Waals surface area contributed by atoms with Crippen LogP contribution in [-0.4, -0.2) is 19.7 Å². The molecule has 162 valence electrons. The molecule has 33 heavy (non-hydrogen) atoms. The fourth-order valence-corrected chi connectivity index (χ4v) is 4.84. The van der Waals surface area contributed by atoms with Gasteiger partial charge in [0.1, 0.15) is 0 Å². The SMILES string of the molecule is C/C(=C1\c2ccccc2CCc2cc(Cn3cnc4ccccc43)ccc21)c1noc(=O)[nH]1. The standard InChI is InChI=1S/C27H22N4O2/c1-17(26-29-27(32)33-30-26)25-21-7-3-2-6-19(21)11-12-20-14-18(10-13-22(20)25)15-31-16-28-23-8-4-5-9-24(23)31/h2-10,13-14,16H,11-12,15H2,1H3,(H,29,30,32)/b25-17-. The third kappa shape index (κ3) is 3.40. The second-order valence-electron chi connectivity index (χ2n) is 8.45. The molecule has 6 rings (SSSR count). The average Bonchev–Trinajstić information content (AvgIpc) is 3.41. The maximum atomic E-state index is 11.6. The summed E-state index contributed by atoms with van der Waals surface area (Å²) in [6, 6.07) is 23.3. The number of rotatable bonds is 3. The van der Waals surface area contributed by atoms with Gasteiger partial charge in [0.2, 0.25) is 0 Å². The van der Waals surface area contributed by atoms with E-state index in [2.05, 4.69) is 68.2 Å². The number of benzene rings is 3. The van der Waals surface area contributed by atoms with Crippen molar-refractivity contribution < 1.29 is 4.52 Å². The van der Waals surface area contributed by atoms with Crippen LogP contribution in [0.3, 0.4) is 0 Å². The fraction of sp³-hybridized carbons (Fsp3) is 0.148. The number of hydrogen-bond donors (Lipinski definition) is 1. The Morgan fingerprint density at radius 1 is 1.00 bits per heavy atom. The maximum absolute atomic E-state index is 11.6. The molecule has 0 amide bonds. The number of para-hydroxylation sites is 2. The van der Waals surface area contributed by atoms with Gasteiger partial charge in [-0.3, -0.25) is 9.51 Å². The van der Waals surface area contributed by atoms with Gasteiger partial charge in [-0.1, -0.05) is 59.8 Å². The third-order valence-corrected chi connectivity index (χ3v) is 6.44. The molecule has 0 aliphatic heterocycles. The molecule has 1 aliphatic carbocycles. The monoisotopic (exact) mass is 434 g/mol. The van der Waals surface area contributed by atoms with Crippen molar-refractivity contribution in [2.45, 2.75) is 26.3 Å². The highest BCUT2D eigenvalue weighted by Gasteiger charge is 2.22. The molecule has 1 N–H and O–H groups in total. The molecule has 1 aliphatic rings. The van der Waals surface area contributed by atoms with Gasteiger partial charge in [0.25, 0.3) is 0 Å². The quantitative estimate of drug-likeness (QED) is 0.441. The van der Waals surface area contributed by atoms with Crippen LogP contribution in [0.15, 0.2) is 82.4 Å². The minimum atomic E-state index is -0.546. The maximum Gasteiger partial charge on any atom is 0.439 e. The Kier molecular flexibility index (Phi) is 4.57. The summed E-state index contributed by atoms with van der Waals surface area (Å²) in [7, 11) is 0. The van der Waals surface area contributed by atoms with Gasteiger partial charge in [-0.05, 0) is 65.3 Å². The van der Waals surface area contributed by atoms with Gasteiger partial charge in [-0.15, -0.1) is 0 Å². The third-order valence-electron chi connectivity index (χ3n) is 6.44. The van der Waals surface area contributed by atoms with Crippen LogP contribution >= 0.6 is 0 Å². The Balaban J connectivity index is 1.48. The Morgan fingerprint density at radius 3 is 2.67 bits per heavy atom. The number of aromatic amines is 1. The van der Waals surface area contributed by atoms with Crippen molar-refractivity contribution in [3.8, 4) is 0 Å². The van der Waals surface area contributed by atoms with E-state index in [1.54, 1.807) is 0 Å². The Bertz CT molecular complexity index is 1590. The van der Waals surface area contributed by atoms with E-state index in [1.807, 2.05) is 31.5 Å². The lowest BCUT2D eigenvalue weighted by atomic mass is 9.89. The predicted molar refractivity (Wildman–Crippen MR) is 128 cm³/mol. The first-order valence-electron chi connectivity index (χ1n) is 11.0. The summed E-state index contributed by atoms with van der Waals surface area (Å²) < 4.78 is 6.98. The minimum absolute atomic E-state index is 0.464. The van der Waals surface area contributed by atoms with Crippen LogP contribution < -0.4 is 5.76 Å². The second kappa shape index (κ2) is 7.74. The molecule has 3 aromatic carbocycles. The van der Waals surface area contributed by atoms with E-state index >= 15 is 0 Å². The molecule has 0 atom stereocenters. The summed E-state index contributed by atoms with van der Waals surface area (Å²) in [6.45, 7) is 2.75. The van der Waals surface area contributed by atoms with Gasteiger partial charge < -0.3 is 4.57 Å². The van der Waals surface area contributed by atoms with Gasteiger partial charge >= 0.3 is 5.76 Å². The zero-order valence-electron chi connectivity index (χ0n) is 18.2. The first-order valence-corrected chi connectivity index (χ1v) is 11.0. The van der Waals surface area contributed by atoms with Gasteiger partial charge in [-0.25, -0.2) is 9.78 Å². The highest BCUT2D eigenvalue weighted by atomic mass is 16.5. The highest BCUT2D eigenvalue weighted by molar-refractivity contribution is 5.98. The summed E-state index contributed by atoms with van der Waals surface area (Å²) in [5.74, 6) is -0.0818. The lowest BCUT2D eigenvalue weighted by molar-refractivity contribution is 0.385. The van der Waals surface area contributed by atoms with Gasteiger partial charge in [0, 0.05) is 12.1 Å². The summed E-state index contributed by atoms with van der Waals surface area (Å²) in [5, 5.41) is 3.95. The smallest absolute Gasteiger partial charge is 0.326 e. The number of imidazole rings is 1. The summed E-state index contributed by atoms with van der Waals surface area (Å²) in [4.78, 5) is 18.8. The van der Waals surface area contributed by atoms with Crippen molar-refractivity contribution in [3.63, 3.8) is 0 Å². The van der Waals surface area contributed by atoms with Crippen LogP contribution in [0, 0.1) is 0 Å². The normalized spacial score (nSPS) is 14.6. The number of fused-ring (bicyclic) bond motifs is 3. The number of hydrogen-bond acceptors (Lipinski definition) is 4. The number of allylic oxidation sites excluding steroid dienone is 1. The van der Waals surface area contributed by atoms with E-state index < -0.39 is 5.76 Å². The molecule has 6 nitrogen and oxygen atoms in total. The van der Waals surface area contributed by atoms with Crippen LogP contribution in [0.2, 0.25) is 0 Å². The summed E-state index contributed by atoms with van der Waals surface area (Å²) in [5.41, 5.74) is 10.3. The molecule has 0 saturated heterocycles. The van der Waals surface area contributed by atoms with Crippen molar-refractivity contribution in [2.75, 3.05) is 0 Å². The van der Waals surface area contributed by atoms with Crippen molar-refractivity contribution in [1.82, 2.24) is 19.7 Å². The Hall–Kier alpha value is -4.19. The molecule has 2 heterocycles. The minimum Gasteiger partial charge on any atom is -0.326 e. The molecule has 0 unspecified atom stereocenters. The first kappa shape index (κ1) is 19.5. The number of nitrogens with one attached hydrogen (secondary N) is 1. The van der Waals surface area contributed by atoms with E-state index in [9.17, 15) is 4.79 Å². The van der Waals surface area contributed by atoms with E-state index in [-0.39, 0.29) is 0 Å². The predicted octanol–water partition coefficient (Wildman–Crippen LogP) is 4.84. The molecular weight excluding hydrogens is 412 g/mol. The number of nitrogens with zero attached hydrogens (tertiary/aromatic N) is 3. The number of H-pyrrole nitrogens is 1. The van der Waals surface area contributed by atoms with E-state index in [0.717, 1.165) is 41.6 Å². The highest BCUT2D eigenvalue weighted by Crippen LogP contribution is 2.38. The van der Waals surface area contributed by atoms with Crippen molar-refractivity contribution >= 4 is 22.2 Å². The zero-order chi connectivity index (χ0) is 22.4. The van der Waals surface area contributed by atoms with Gasteiger partial charge in [0.05, 0.1) is 17.4 Å². The van der Waals surface area contributed by atoms with Crippen molar-refractivity contribution in [2.24, 2.45) is 0 Å². The molecule has 0 fully saturated rings. The molecule has 0 bridgehead atoms. The van der Waals surface area contributed by atoms with Crippen LogP contribution in [0.4, 0.5) is 0 Å². The molecule has 0 saturated carbocycles. The largest absolute Gasteiger partial charge is 0.439 e. The molecule has 6 heteroatoms. The zero-order valence-corrected chi connectivity index (χ0v) is 18.2. The molecule has 0 spiro atoms. The van der Waals surface area contributed by atoms with Gasteiger partial charge in [-0.2, -0.15) is 0 Å². The molecule has 5 aromatic rings. The molecular formula is C27H22N4O2. The molecule has 2 aromatic heterocycles. The van der Waals surface area contributed by atoms with Crippen LogP contribution in [0.5, 0.6) is 0 Å². The first-order chi connectivity index (χ1) is 16.2. The van der Waals surface area contributed by atoms with Crippen LogP contribution in [0.1, 0.15) is 40.6 Å². The average molecular weight is 434 g/mol. The van der Waals surface area contributed by atoms with Crippen molar-refractivity contribution in [1.29, 1.82) is 0 Å². The van der Waals surface area contributed by atoms with Crippen LogP contribution in [-0.2, 0) is 19.4 Å². The summed E-state index contributed by atoms with van der Waals surface area (Å²) in [6.07, 6.45) is 3.80. The van der Waals surface area contributed by atoms with E-state index in [0.29, 0.717) is 5.82 Å².